The highest BCUT2D eigenvalue weighted by molar-refractivity contribution is 5.73. The normalized spacial score (nSPS) is 49.0. The SMILES string of the molecule is CC(=O)N[C@H]1[C@H](O[C@H]2[C@@H](O)[C@@H](CO)O[C@@H](O[C@H]3[C@H](O)[C@@H](O)[C@H](O)O[C@@H]3CO)[C@@H]2O)O[C@H](CO)[C@@H](O[C@@H]2O[C@H](CO)[C@H](O)[C@H](O[C@H]3O[C@H](CO)[C@@H](O)[C@H](O)[C@H]3NC(C)=O)[C@H]2O)[C@@H]1O. The van der Waals surface area contributed by atoms with Gasteiger partial charge in [-0.2, -0.15) is 0 Å². The summed E-state index contributed by atoms with van der Waals surface area (Å²) in [6.07, 6.45) is -42.2. The van der Waals surface area contributed by atoms with Gasteiger partial charge >= 0.3 is 0 Å². The molecule has 5 aliphatic heterocycles. The molecule has 62 heavy (non-hydrogen) atoms. The zero-order chi connectivity index (χ0) is 45.9. The van der Waals surface area contributed by atoms with Gasteiger partial charge in [-0.25, -0.2) is 0 Å². The summed E-state index contributed by atoms with van der Waals surface area (Å²) in [6, 6.07) is -3.28. The highest BCUT2D eigenvalue weighted by Crippen LogP contribution is 2.35. The van der Waals surface area contributed by atoms with Gasteiger partial charge in [-0.1, -0.05) is 0 Å². The van der Waals surface area contributed by atoms with Gasteiger partial charge in [0.25, 0.3) is 0 Å². The molecular weight excluding hydrogens is 852 g/mol. The molecule has 25 atom stereocenters. The molecule has 5 aliphatic rings. The fraction of sp³-hybridized carbons (Fsp3) is 0.941. The zero-order valence-corrected chi connectivity index (χ0v) is 33.2. The topological polar surface area (TPSA) is 445 Å². The number of rotatable bonds is 15. The maximum atomic E-state index is 12.5. The standard InChI is InChI=1S/C34H58N2O26/c1-8(42)35-15-20(47)17(44)10(3-37)55-31(15)61-28-18(45)11(4-38)56-33(24(28)51)59-26-14(7-41)58-32(16(21(26)48)36-9(2)43)62-29-19(46)12(5-39)57-34(25(29)52)60-27-13(6-40)54-30(53)23(50)22(27)49/h10-34,37-41,44-53H,3-7H2,1-2H3,(H,35,42)(H,36,43)/t10-,11-,12-,13-,14-,15-,16-,17-,18+,19+,20-,21-,22-,23-,24-,25-,26-,27-,28+,29+,30-,31-,32+,33+,34+/m1/s1. The minimum Gasteiger partial charge on any atom is -0.394 e. The quantitative estimate of drug-likeness (QED) is 0.0725. The zero-order valence-electron chi connectivity index (χ0n) is 33.2. The Kier molecular flexibility index (Phi) is 18.1. The Hall–Kier alpha value is -2.02. The molecule has 5 fully saturated rings. The predicted molar refractivity (Wildman–Crippen MR) is 190 cm³/mol. The summed E-state index contributed by atoms with van der Waals surface area (Å²) < 4.78 is 50.7. The molecule has 0 bridgehead atoms. The van der Waals surface area contributed by atoms with Crippen molar-refractivity contribution in [3.63, 3.8) is 0 Å². The Balaban J connectivity index is 1.37. The largest absolute Gasteiger partial charge is 0.394 e. The van der Waals surface area contributed by atoms with Crippen LogP contribution in [0.1, 0.15) is 13.8 Å². The molecular formula is C34H58N2O26. The average molecular weight is 911 g/mol. The van der Waals surface area contributed by atoms with Crippen molar-refractivity contribution in [3.05, 3.63) is 0 Å². The Morgan fingerprint density at radius 3 is 1.15 bits per heavy atom. The maximum Gasteiger partial charge on any atom is 0.217 e. The summed E-state index contributed by atoms with van der Waals surface area (Å²) in [6.45, 7) is -2.53. The molecule has 17 N–H and O–H groups in total. The maximum absolute atomic E-state index is 12.5. The number of ether oxygens (including phenoxy) is 9. The van der Waals surface area contributed by atoms with Crippen LogP contribution < -0.4 is 10.6 Å². The van der Waals surface area contributed by atoms with E-state index in [0.717, 1.165) is 13.8 Å². The summed E-state index contributed by atoms with van der Waals surface area (Å²) in [7, 11) is 0. The summed E-state index contributed by atoms with van der Waals surface area (Å²) in [5, 5.41) is 163. The van der Waals surface area contributed by atoms with Crippen molar-refractivity contribution in [2.24, 2.45) is 0 Å². The monoisotopic (exact) mass is 910 g/mol. The third-order valence-corrected chi connectivity index (χ3v) is 11.1. The Morgan fingerprint density at radius 1 is 0.387 bits per heavy atom. The van der Waals surface area contributed by atoms with Gasteiger partial charge in [0.15, 0.2) is 31.5 Å². The number of aliphatic hydroxyl groups is 15. The molecule has 0 aromatic heterocycles. The number of carbonyl (C=O) groups excluding carboxylic acids is 2. The first kappa shape index (κ1) is 51.0. The fourth-order valence-corrected chi connectivity index (χ4v) is 7.83. The van der Waals surface area contributed by atoms with Crippen molar-refractivity contribution in [2.75, 3.05) is 33.0 Å². The smallest absolute Gasteiger partial charge is 0.217 e. The first-order chi connectivity index (χ1) is 29.3. The molecule has 0 aliphatic carbocycles. The molecule has 0 radical (unpaired) electrons. The van der Waals surface area contributed by atoms with Gasteiger partial charge < -0.3 is 130 Å². The lowest BCUT2D eigenvalue weighted by molar-refractivity contribution is -0.384. The molecule has 360 valence electrons. The predicted octanol–water partition coefficient (Wildman–Crippen LogP) is -11.6. The molecule has 0 saturated carbocycles. The summed E-state index contributed by atoms with van der Waals surface area (Å²) >= 11 is 0. The number of hydrogen-bond donors (Lipinski definition) is 17. The van der Waals surface area contributed by atoms with Crippen LogP contribution in [0.3, 0.4) is 0 Å². The van der Waals surface area contributed by atoms with Gasteiger partial charge in [0.1, 0.15) is 122 Å². The third kappa shape index (κ3) is 10.8. The van der Waals surface area contributed by atoms with E-state index in [0.29, 0.717) is 0 Å². The lowest BCUT2D eigenvalue weighted by atomic mass is 9.94. The van der Waals surface area contributed by atoms with Crippen LogP contribution in [0.4, 0.5) is 0 Å². The summed E-state index contributed by atoms with van der Waals surface area (Å²) in [4.78, 5) is 24.4. The van der Waals surface area contributed by atoms with E-state index in [2.05, 4.69) is 10.6 Å². The van der Waals surface area contributed by atoms with Crippen molar-refractivity contribution in [2.45, 2.75) is 167 Å². The highest BCUT2D eigenvalue weighted by atomic mass is 16.8. The second-order valence-corrected chi connectivity index (χ2v) is 15.4. The molecule has 28 nitrogen and oxygen atoms in total. The number of aliphatic hydroxyl groups excluding tert-OH is 15. The number of nitrogens with one attached hydrogen (secondary N) is 2. The third-order valence-electron chi connectivity index (χ3n) is 11.1. The first-order valence-electron chi connectivity index (χ1n) is 19.6. The van der Waals surface area contributed by atoms with E-state index in [1.54, 1.807) is 0 Å². The lowest BCUT2D eigenvalue weighted by Crippen LogP contribution is -2.70. The molecule has 0 aromatic carbocycles. The van der Waals surface area contributed by atoms with E-state index in [-0.39, 0.29) is 0 Å². The molecule has 0 aromatic rings. The highest BCUT2D eigenvalue weighted by Gasteiger charge is 2.57. The van der Waals surface area contributed by atoms with E-state index < -0.39 is 198 Å². The van der Waals surface area contributed by atoms with Crippen LogP contribution in [0.2, 0.25) is 0 Å². The van der Waals surface area contributed by atoms with Crippen LogP contribution in [0.25, 0.3) is 0 Å². The molecule has 28 heteroatoms. The Morgan fingerprint density at radius 2 is 0.726 bits per heavy atom. The minimum atomic E-state index is -2.10. The Labute approximate surface area is 351 Å². The van der Waals surface area contributed by atoms with Crippen molar-refractivity contribution in [1.82, 2.24) is 10.6 Å². The first-order valence-corrected chi connectivity index (χ1v) is 19.6. The molecule has 0 spiro atoms. The molecule has 5 rings (SSSR count). The van der Waals surface area contributed by atoms with Crippen LogP contribution in [0.5, 0.6) is 0 Å². The van der Waals surface area contributed by atoms with Gasteiger partial charge in [0, 0.05) is 13.8 Å². The van der Waals surface area contributed by atoms with Gasteiger partial charge in [0.2, 0.25) is 11.8 Å². The second-order valence-electron chi connectivity index (χ2n) is 15.4. The Bertz CT molecular complexity index is 1440. The van der Waals surface area contributed by atoms with Crippen molar-refractivity contribution >= 4 is 11.8 Å². The fourth-order valence-electron chi connectivity index (χ4n) is 7.83. The van der Waals surface area contributed by atoms with E-state index >= 15 is 0 Å². The van der Waals surface area contributed by atoms with Crippen LogP contribution in [0.15, 0.2) is 0 Å². The molecule has 5 heterocycles. The average Bonchev–Trinajstić information content (AvgIpc) is 3.23. The van der Waals surface area contributed by atoms with Gasteiger partial charge in [-0.3, -0.25) is 9.59 Å². The number of amides is 2. The summed E-state index contributed by atoms with van der Waals surface area (Å²) in [5.74, 6) is -1.55. The van der Waals surface area contributed by atoms with Gasteiger partial charge in [-0.15, -0.1) is 0 Å². The molecule has 5 saturated heterocycles. The van der Waals surface area contributed by atoms with Gasteiger partial charge in [-0.05, 0) is 0 Å². The second kappa shape index (κ2) is 22.0. The van der Waals surface area contributed by atoms with Crippen LogP contribution in [-0.4, -0.2) is 275 Å². The van der Waals surface area contributed by atoms with Crippen LogP contribution in [0, 0.1) is 0 Å². The van der Waals surface area contributed by atoms with E-state index in [4.69, 9.17) is 42.6 Å². The van der Waals surface area contributed by atoms with E-state index in [9.17, 15) is 86.2 Å². The van der Waals surface area contributed by atoms with Crippen LogP contribution in [-0.2, 0) is 52.2 Å². The molecule has 2 amide bonds. The van der Waals surface area contributed by atoms with Crippen molar-refractivity contribution < 1.29 is 129 Å². The minimum absolute atomic E-state index is 0.726. The van der Waals surface area contributed by atoms with Crippen molar-refractivity contribution in [3.8, 4) is 0 Å². The van der Waals surface area contributed by atoms with Crippen molar-refractivity contribution in [1.29, 1.82) is 0 Å². The lowest BCUT2D eigenvalue weighted by Gasteiger charge is -2.50. The van der Waals surface area contributed by atoms with Crippen LogP contribution >= 0.6 is 0 Å². The van der Waals surface area contributed by atoms with E-state index in [1.165, 1.54) is 0 Å². The number of hydrogen-bond acceptors (Lipinski definition) is 26. The summed E-state index contributed by atoms with van der Waals surface area (Å²) in [5.41, 5.74) is 0. The number of carbonyl (C=O) groups is 2. The van der Waals surface area contributed by atoms with E-state index in [1.807, 2.05) is 0 Å². The van der Waals surface area contributed by atoms with Gasteiger partial charge in [0.05, 0.1) is 33.0 Å². The molecule has 0 unspecified atom stereocenters.